The van der Waals surface area contributed by atoms with Crippen LogP contribution in [0.2, 0.25) is 0 Å². The van der Waals surface area contributed by atoms with E-state index < -0.39 is 11.8 Å². The first-order chi connectivity index (χ1) is 11.3. The SMILES string of the molecule is COC(=O)[C@@]12COC(C(C)(C)C)N1C(=O)[C@H](Cc1ccccc1)C2. The van der Waals surface area contributed by atoms with Crippen LogP contribution in [0.3, 0.4) is 0 Å². The van der Waals surface area contributed by atoms with E-state index in [1.165, 1.54) is 7.11 Å². The molecule has 24 heavy (non-hydrogen) atoms. The van der Waals surface area contributed by atoms with Crippen LogP contribution in [0.15, 0.2) is 30.3 Å². The van der Waals surface area contributed by atoms with E-state index in [-0.39, 0.29) is 29.8 Å². The summed E-state index contributed by atoms with van der Waals surface area (Å²) in [6, 6.07) is 9.91. The zero-order valence-electron chi connectivity index (χ0n) is 14.7. The Hall–Kier alpha value is -1.88. The number of carbonyl (C=O) groups is 2. The van der Waals surface area contributed by atoms with Crippen molar-refractivity contribution in [2.75, 3.05) is 13.7 Å². The number of ether oxygens (including phenoxy) is 2. The molecular weight excluding hydrogens is 306 g/mol. The second-order valence-electron chi connectivity index (χ2n) is 7.85. The van der Waals surface area contributed by atoms with Crippen molar-refractivity contribution in [1.29, 1.82) is 0 Å². The van der Waals surface area contributed by atoms with E-state index in [0.29, 0.717) is 12.8 Å². The second-order valence-corrected chi connectivity index (χ2v) is 7.85. The lowest BCUT2D eigenvalue weighted by Crippen LogP contribution is -2.54. The molecule has 5 nitrogen and oxygen atoms in total. The summed E-state index contributed by atoms with van der Waals surface area (Å²) in [5, 5.41) is 0. The first-order valence-electron chi connectivity index (χ1n) is 8.37. The minimum Gasteiger partial charge on any atom is -0.467 e. The molecule has 0 aromatic heterocycles. The molecule has 1 amide bonds. The molecule has 0 bridgehead atoms. The highest BCUT2D eigenvalue weighted by atomic mass is 16.6. The van der Waals surface area contributed by atoms with Crippen molar-refractivity contribution in [2.45, 2.75) is 45.4 Å². The fourth-order valence-electron chi connectivity index (χ4n) is 3.89. The Kier molecular flexibility index (Phi) is 4.16. The highest BCUT2D eigenvalue weighted by molar-refractivity contribution is 5.94. The minimum absolute atomic E-state index is 0.0123. The Morgan fingerprint density at radius 1 is 1.33 bits per heavy atom. The van der Waals surface area contributed by atoms with Gasteiger partial charge >= 0.3 is 5.97 Å². The standard InChI is InChI=1S/C19H25NO4/c1-18(2,3)16-20-15(21)14(10-13-8-6-5-7-9-13)11-19(20,12-24-16)17(22)23-4/h5-9,14,16H,10-12H2,1-4H3/t14-,16?,19-/m1/s1. The van der Waals surface area contributed by atoms with E-state index in [9.17, 15) is 9.59 Å². The largest absolute Gasteiger partial charge is 0.467 e. The van der Waals surface area contributed by atoms with Gasteiger partial charge in [0, 0.05) is 11.3 Å². The summed E-state index contributed by atoms with van der Waals surface area (Å²) in [6.45, 7) is 6.26. The van der Waals surface area contributed by atoms with Gasteiger partial charge in [-0.25, -0.2) is 4.79 Å². The third-order valence-electron chi connectivity index (χ3n) is 4.98. The maximum Gasteiger partial charge on any atom is 0.334 e. The number of hydrogen-bond acceptors (Lipinski definition) is 4. The molecule has 2 aliphatic rings. The molecule has 3 atom stereocenters. The number of fused-ring (bicyclic) bond motifs is 1. The molecule has 0 N–H and O–H groups in total. The second kappa shape index (κ2) is 5.88. The van der Waals surface area contributed by atoms with Crippen LogP contribution >= 0.6 is 0 Å². The van der Waals surface area contributed by atoms with E-state index in [0.717, 1.165) is 5.56 Å². The van der Waals surface area contributed by atoms with Crippen molar-refractivity contribution >= 4 is 11.9 Å². The van der Waals surface area contributed by atoms with Gasteiger partial charge in [-0.15, -0.1) is 0 Å². The van der Waals surface area contributed by atoms with Gasteiger partial charge in [-0.1, -0.05) is 51.1 Å². The zero-order chi connectivity index (χ0) is 17.5. The van der Waals surface area contributed by atoms with Crippen LogP contribution in [0.1, 0.15) is 32.8 Å². The van der Waals surface area contributed by atoms with Crippen molar-refractivity contribution < 1.29 is 19.1 Å². The van der Waals surface area contributed by atoms with Gasteiger partial charge < -0.3 is 9.47 Å². The van der Waals surface area contributed by atoms with Gasteiger partial charge in [0.1, 0.15) is 6.23 Å². The van der Waals surface area contributed by atoms with Crippen LogP contribution in [0.4, 0.5) is 0 Å². The van der Waals surface area contributed by atoms with E-state index in [1.807, 2.05) is 51.1 Å². The maximum absolute atomic E-state index is 13.1. The number of carbonyl (C=O) groups excluding carboxylic acids is 2. The van der Waals surface area contributed by atoms with Gasteiger partial charge in [-0.2, -0.15) is 0 Å². The molecule has 3 rings (SSSR count). The van der Waals surface area contributed by atoms with Crippen LogP contribution in [-0.4, -0.2) is 42.3 Å². The Labute approximate surface area is 142 Å². The van der Waals surface area contributed by atoms with Gasteiger partial charge in [0.05, 0.1) is 13.7 Å². The van der Waals surface area contributed by atoms with Crippen LogP contribution in [0.25, 0.3) is 0 Å². The average Bonchev–Trinajstić information content (AvgIpc) is 3.05. The first kappa shape index (κ1) is 17.0. The van der Waals surface area contributed by atoms with Crippen LogP contribution in [0.5, 0.6) is 0 Å². The molecule has 0 aliphatic carbocycles. The summed E-state index contributed by atoms with van der Waals surface area (Å²) in [4.78, 5) is 27.3. The average molecular weight is 331 g/mol. The summed E-state index contributed by atoms with van der Waals surface area (Å²) in [6.07, 6.45) is 0.663. The molecule has 1 aromatic carbocycles. The number of rotatable bonds is 3. The van der Waals surface area contributed by atoms with Crippen LogP contribution < -0.4 is 0 Å². The molecule has 0 spiro atoms. The van der Waals surface area contributed by atoms with Gasteiger partial charge in [-0.3, -0.25) is 9.69 Å². The maximum atomic E-state index is 13.1. The van der Waals surface area contributed by atoms with Gasteiger partial charge in [-0.05, 0) is 18.4 Å². The van der Waals surface area contributed by atoms with Crippen LogP contribution in [0, 0.1) is 11.3 Å². The Morgan fingerprint density at radius 3 is 2.58 bits per heavy atom. The van der Waals surface area contributed by atoms with E-state index in [2.05, 4.69) is 0 Å². The van der Waals surface area contributed by atoms with E-state index in [1.54, 1.807) is 4.90 Å². The third-order valence-corrected chi connectivity index (χ3v) is 4.98. The molecular formula is C19H25NO4. The van der Waals surface area contributed by atoms with Crippen molar-refractivity contribution in [1.82, 2.24) is 4.90 Å². The number of esters is 1. The van der Waals surface area contributed by atoms with Gasteiger partial charge in [0.25, 0.3) is 0 Å². The molecule has 130 valence electrons. The summed E-state index contributed by atoms with van der Waals surface area (Å²) in [7, 11) is 1.37. The number of amides is 1. The number of benzene rings is 1. The lowest BCUT2D eigenvalue weighted by molar-refractivity contribution is -0.158. The van der Waals surface area contributed by atoms with E-state index >= 15 is 0 Å². The predicted octanol–water partition coefficient (Wildman–Crippen LogP) is 2.39. The Balaban J connectivity index is 1.93. The normalized spacial score (nSPS) is 29.7. The molecule has 1 aromatic rings. The fourth-order valence-corrected chi connectivity index (χ4v) is 3.89. The van der Waals surface area contributed by atoms with E-state index in [4.69, 9.17) is 9.47 Å². The highest BCUT2D eigenvalue weighted by Gasteiger charge is 2.64. The third kappa shape index (κ3) is 2.61. The fraction of sp³-hybridized carbons (Fsp3) is 0.579. The number of nitrogens with zero attached hydrogens (tertiary/aromatic N) is 1. The van der Waals surface area contributed by atoms with Crippen molar-refractivity contribution in [3.8, 4) is 0 Å². The molecule has 2 heterocycles. The van der Waals surface area contributed by atoms with Crippen LogP contribution in [-0.2, 0) is 25.5 Å². The molecule has 2 aliphatic heterocycles. The summed E-state index contributed by atoms with van der Waals surface area (Å²) in [5.41, 5.74) is -0.152. The monoisotopic (exact) mass is 331 g/mol. The predicted molar refractivity (Wildman–Crippen MR) is 89.0 cm³/mol. The summed E-state index contributed by atoms with van der Waals surface area (Å²) >= 11 is 0. The highest BCUT2D eigenvalue weighted by Crippen LogP contribution is 2.47. The molecule has 1 unspecified atom stereocenters. The number of hydrogen-bond donors (Lipinski definition) is 0. The van der Waals surface area contributed by atoms with Crippen molar-refractivity contribution in [3.63, 3.8) is 0 Å². The molecule has 0 radical (unpaired) electrons. The topological polar surface area (TPSA) is 55.8 Å². The summed E-state index contributed by atoms with van der Waals surface area (Å²) < 4.78 is 10.9. The van der Waals surface area contributed by atoms with Gasteiger partial charge in [0.15, 0.2) is 5.54 Å². The van der Waals surface area contributed by atoms with Crippen molar-refractivity contribution in [2.24, 2.45) is 11.3 Å². The minimum atomic E-state index is -0.983. The smallest absolute Gasteiger partial charge is 0.334 e. The molecule has 2 saturated heterocycles. The van der Waals surface area contributed by atoms with Crippen molar-refractivity contribution in [3.05, 3.63) is 35.9 Å². The lowest BCUT2D eigenvalue weighted by Gasteiger charge is -2.36. The molecule has 0 saturated carbocycles. The Morgan fingerprint density at radius 2 is 2.00 bits per heavy atom. The Bertz CT molecular complexity index is 637. The first-order valence-corrected chi connectivity index (χ1v) is 8.37. The quantitative estimate of drug-likeness (QED) is 0.798. The lowest BCUT2D eigenvalue weighted by atomic mass is 9.89. The molecule has 5 heteroatoms. The zero-order valence-corrected chi connectivity index (χ0v) is 14.7. The number of methoxy groups -OCH3 is 1. The molecule has 2 fully saturated rings. The van der Waals surface area contributed by atoms with Gasteiger partial charge in [0.2, 0.25) is 5.91 Å². The summed E-state index contributed by atoms with van der Waals surface area (Å²) in [5.74, 6) is -0.611.